The summed E-state index contributed by atoms with van der Waals surface area (Å²) in [5.74, 6) is 0. The molecule has 13 heavy (non-hydrogen) atoms. The highest BCUT2D eigenvalue weighted by Crippen LogP contribution is 2.07. The van der Waals surface area contributed by atoms with Crippen LogP contribution in [0.3, 0.4) is 0 Å². The van der Waals surface area contributed by atoms with E-state index in [4.69, 9.17) is 5.11 Å². The Morgan fingerprint density at radius 1 is 1.31 bits per heavy atom. The summed E-state index contributed by atoms with van der Waals surface area (Å²) >= 11 is 0. The van der Waals surface area contributed by atoms with Crippen molar-refractivity contribution >= 4 is 0 Å². The summed E-state index contributed by atoms with van der Waals surface area (Å²) in [6.07, 6.45) is -0.132. The zero-order valence-electron chi connectivity index (χ0n) is 7.48. The van der Waals surface area contributed by atoms with E-state index >= 15 is 0 Å². The number of aliphatic hydroxyl groups excluding tert-OH is 2. The van der Waals surface area contributed by atoms with Gasteiger partial charge in [0, 0.05) is 6.42 Å². The first-order valence-corrected chi connectivity index (χ1v) is 4.24. The SMILES string of the molecule is C=C(CO)[C@@H](O)Cc1ccccc1. The summed E-state index contributed by atoms with van der Waals surface area (Å²) in [4.78, 5) is 0. The molecule has 2 heteroatoms. The van der Waals surface area contributed by atoms with E-state index in [1.165, 1.54) is 0 Å². The molecule has 0 unspecified atom stereocenters. The molecule has 0 radical (unpaired) electrons. The van der Waals surface area contributed by atoms with E-state index in [0.717, 1.165) is 5.56 Å². The summed E-state index contributed by atoms with van der Waals surface area (Å²) in [5, 5.41) is 18.2. The van der Waals surface area contributed by atoms with Crippen LogP contribution in [0.2, 0.25) is 0 Å². The highest BCUT2D eigenvalue weighted by Gasteiger charge is 2.07. The summed E-state index contributed by atoms with van der Waals surface area (Å²) in [7, 11) is 0. The largest absolute Gasteiger partial charge is 0.392 e. The fourth-order valence-corrected chi connectivity index (χ4v) is 1.09. The van der Waals surface area contributed by atoms with Gasteiger partial charge in [0.2, 0.25) is 0 Å². The third-order valence-corrected chi connectivity index (χ3v) is 1.95. The molecule has 1 rings (SSSR count). The summed E-state index contributed by atoms with van der Waals surface area (Å²) in [6.45, 7) is 3.41. The fraction of sp³-hybridized carbons (Fsp3) is 0.273. The molecule has 0 heterocycles. The van der Waals surface area contributed by atoms with Crippen molar-refractivity contribution < 1.29 is 10.2 Å². The maximum absolute atomic E-state index is 9.51. The lowest BCUT2D eigenvalue weighted by atomic mass is 10.0. The van der Waals surface area contributed by atoms with Gasteiger partial charge in [-0.1, -0.05) is 36.9 Å². The van der Waals surface area contributed by atoms with Crippen LogP contribution in [0.15, 0.2) is 42.5 Å². The average molecular weight is 178 g/mol. The molecule has 1 aromatic rings. The maximum Gasteiger partial charge on any atom is 0.0809 e. The van der Waals surface area contributed by atoms with Crippen molar-refractivity contribution in [3.63, 3.8) is 0 Å². The Morgan fingerprint density at radius 3 is 2.46 bits per heavy atom. The molecule has 0 aliphatic rings. The zero-order chi connectivity index (χ0) is 9.68. The van der Waals surface area contributed by atoms with Gasteiger partial charge in [-0.3, -0.25) is 0 Å². The normalized spacial score (nSPS) is 12.5. The standard InChI is InChI=1S/C11H14O2/c1-9(8-12)11(13)7-10-5-3-2-4-6-10/h2-6,11-13H,1,7-8H2/t11-/m0/s1. The van der Waals surface area contributed by atoms with Gasteiger partial charge in [0.15, 0.2) is 0 Å². The lowest BCUT2D eigenvalue weighted by Gasteiger charge is -2.11. The van der Waals surface area contributed by atoms with Crippen LogP contribution in [0.25, 0.3) is 0 Å². The van der Waals surface area contributed by atoms with Crippen LogP contribution in [-0.2, 0) is 6.42 Å². The molecule has 0 fully saturated rings. The number of hydrogen-bond donors (Lipinski definition) is 2. The third-order valence-electron chi connectivity index (χ3n) is 1.95. The Balaban J connectivity index is 2.55. The Labute approximate surface area is 78.2 Å². The molecular formula is C11H14O2. The predicted molar refractivity (Wildman–Crippen MR) is 52.4 cm³/mol. The van der Waals surface area contributed by atoms with E-state index in [-0.39, 0.29) is 6.61 Å². The van der Waals surface area contributed by atoms with Gasteiger partial charge in [0.25, 0.3) is 0 Å². The van der Waals surface area contributed by atoms with Gasteiger partial charge in [-0.25, -0.2) is 0 Å². The second kappa shape index (κ2) is 4.80. The molecule has 0 amide bonds. The zero-order valence-corrected chi connectivity index (χ0v) is 7.48. The molecule has 2 nitrogen and oxygen atoms in total. The minimum atomic E-state index is -0.646. The van der Waals surface area contributed by atoms with Crippen molar-refractivity contribution in [1.29, 1.82) is 0 Å². The maximum atomic E-state index is 9.51. The Bertz CT molecular complexity index is 267. The van der Waals surface area contributed by atoms with Crippen LogP contribution in [0.5, 0.6) is 0 Å². The van der Waals surface area contributed by atoms with E-state index in [0.29, 0.717) is 12.0 Å². The highest BCUT2D eigenvalue weighted by molar-refractivity contribution is 5.18. The van der Waals surface area contributed by atoms with Crippen LogP contribution < -0.4 is 0 Å². The van der Waals surface area contributed by atoms with E-state index in [2.05, 4.69) is 6.58 Å². The number of hydrogen-bond acceptors (Lipinski definition) is 2. The molecule has 0 aliphatic heterocycles. The van der Waals surface area contributed by atoms with Crippen molar-refractivity contribution in [3.8, 4) is 0 Å². The summed E-state index contributed by atoms with van der Waals surface area (Å²) in [6, 6.07) is 9.64. The van der Waals surface area contributed by atoms with Crippen molar-refractivity contribution in [3.05, 3.63) is 48.0 Å². The van der Waals surface area contributed by atoms with E-state index in [1.54, 1.807) is 0 Å². The van der Waals surface area contributed by atoms with E-state index in [9.17, 15) is 5.11 Å². The quantitative estimate of drug-likeness (QED) is 0.679. The van der Waals surface area contributed by atoms with Gasteiger partial charge in [-0.2, -0.15) is 0 Å². The molecule has 1 aromatic carbocycles. The van der Waals surface area contributed by atoms with Gasteiger partial charge < -0.3 is 10.2 Å². The van der Waals surface area contributed by atoms with Gasteiger partial charge in [-0.15, -0.1) is 0 Å². The van der Waals surface area contributed by atoms with Crippen LogP contribution in [0.4, 0.5) is 0 Å². The monoisotopic (exact) mass is 178 g/mol. The van der Waals surface area contributed by atoms with E-state index in [1.807, 2.05) is 30.3 Å². The molecule has 0 saturated heterocycles. The highest BCUT2D eigenvalue weighted by atomic mass is 16.3. The first-order chi connectivity index (χ1) is 6.24. The average Bonchev–Trinajstić information content (AvgIpc) is 2.18. The smallest absolute Gasteiger partial charge is 0.0809 e. The van der Waals surface area contributed by atoms with Crippen molar-refractivity contribution in [1.82, 2.24) is 0 Å². The molecule has 0 aromatic heterocycles. The van der Waals surface area contributed by atoms with Crippen LogP contribution in [0, 0.1) is 0 Å². The van der Waals surface area contributed by atoms with Crippen molar-refractivity contribution in [2.75, 3.05) is 6.61 Å². The second-order valence-corrected chi connectivity index (χ2v) is 3.02. The lowest BCUT2D eigenvalue weighted by Crippen LogP contribution is -2.15. The number of aliphatic hydroxyl groups is 2. The van der Waals surface area contributed by atoms with Gasteiger partial charge >= 0.3 is 0 Å². The van der Waals surface area contributed by atoms with Crippen molar-refractivity contribution in [2.24, 2.45) is 0 Å². The second-order valence-electron chi connectivity index (χ2n) is 3.02. The number of benzene rings is 1. The molecule has 0 aliphatic carbocycles. The topological polar surface area (TPSA) is 40.5 Å². The minimum absolute atomic E-state index is 0.159. The van der Waals surface area contributed by atoms with Gasteiger partial charge in [0.1, 0.15) is 0 Å². The molecule has 0 saturated carbocycles. The minimum Gasteiger partial charge on any atom is -0.392 e. The lowest BCUT2D eigenvalue weighted by molar-refractivity contribution is 0.188. The molecule has 0 spiro atoms. The Hall–Kier alpha value is -1.12. The van der Waals surface area contributed by atoms with E-state index < -0.39 is 6.10 Å². The first kappa shape index (κ1) is 9.96. The number of rotatable bonds is 4. The van der Waals surface area contributed by atoms with Crippen molar-refractivity contribution in [2.45, 2.75) is 12.5 Å². The third kappa shape index (κ3) is 3.01. The fourth-order valence-electron chi connectivity index (χ4n) is 1.09. The predicted octanol–water partition coefficient (Wildman–Crippen LogP) is 1.14. The van der Waals surface area contributed by atoms with Crippen LogP contribution in [-0.4, -0.2) is 22.9 Å². The molecule has 0 bridgehead atoms. The first-order valence-electron chi connectivity index (χ1n) is 4.24. The van der Waals surface area contributed by atoms with Crippen LogP contribution >= 0.6 is 0 Å². The molecule has 70 valence electrons. The van der Waals surface area contributed by atoms with Gasteiger partial charge in [-0.05, 0) is 11.1 Å². The summed E-state index contributed by atoms with van der Waals surface area (Å²) in [5.41, 5.74) is 1.51. The molecular weight excluding hydrogens is 164 g/mol. The van der Waals surface area contributed by atoms with Gasteiger partial charge in [0.05, 0.1) is 12.7 Å². The summed E-state index contributed by atoms with van der Waals surface area (Å²) < 4.78 is 0. The molecule has 2 N–H and O–H groups in total. The Morgan fingerprint density at radius 2 is 1.92 bits per heavy atom. The molecule has 1 atom stereocenters. The Kier molecular flexibility index (Phi) is 3.68. The van der Waals surface area contributed by atoms with Crippen LogP contribution in [0.1, 0.15) is 5.56 Å².